The molecule has 48 heavy (non-hydrogen) atoms. The van der Waals surface area contributed by atoms with Crippen LogP contribution in [0.4, 0.5) is 5.69 Å². The molecule has 1 N–H and O–H groups in total. The summed E-state index contributed by atoms with van der Waals surface area (Å²) >= 11 is 6.83. The van der Waals surface area contributed by atoms with Gasteiger partial charge in [-0.3, -0.25) is 28.8 Å². The zero-order valence-electron chi connectivity index (χ0n) is 27.6. The normalized spacial score (nSPS) is 13.2. The van der Waals surface area contributed by atoms with E-state index < -0.39 is 0 Å². The molecule has 0 radical (unpaired) electrons. The first-order valence-corrected chi connectivity index (χ1v) is 16.9. The number of rotatable bonds is 13. The van der Waals surface area contributed by atoms with Crippen molar-refractivity contribution >= 4 is 40.0 Å². The van der Waals surface area contributed by atoms with E-state index in [4.69, 9.17) is 23.0 Å². The minimum Gasteiger partial charge on any atom is -0.356 e. The van der Waals surface area contributed by atoms with E-state index in [-0.39, 0.29) is 30.5 Å². The molecule has 0 spiro atoms. The van der Waals surface area contributed by atoms with Crippen LogP contribution in [-0.4, -0.2) is 68.9 Å². The number of hydrogen-bond donors (Lipinski definition) is 1. The van der Waals surface area contributed by atoms with Crippen molar-refractivity contribution in [1.29, 1.82) is 0 Å². The van der Waals surface area contributed by atoms with Crippen molar-refractivity contribution in [1.82, 2.24) is 29.7 Å². The van der Waals surface area contributed by atoms with Gasteiger partial charge in [0, 0.05) is 54.8 Å². The van der Waals surface area contributed by atoms with Crippen LogP contribution in [0.5, 0.6) is 0 Å². The van der Waals surface area contributed by atoms with Crippen molar-refractivity contribution < 1.29 is 9.59 Å². The predicted molar refractivity (Wildman–Crippen MR) is 190 cm³/mol. The van der Waals surface area contributed by atoms with Crippen molar-refractivity contribution in [2.45, 2.75) is 59.3 Å². The largest absolute Gasteiger partial charge is 0.356 e. The Hall–Kier alpha value is -4.72. The lowest BCUT2D eigenvalue weighted by molar-refractivity contribution is -0.131. The Balaban J connectivity index is 1.42. The molecule has 10 nitrogen and oxygen atoms in total. The number of fused-ring (bicyclic) bond motifs is 1. The molecule has 2 amide bonds. The van der Waals surface area contributed by atoms with Crippen LogP contribution >= 0.6 is 11.6 Å². The van der Waals surface area contributed by atoms with Crippen molar-refractivity contribution in [2.24, 2.45) is 0 Å². The molecule has 0 atom stereocenters. The van der Waals surface area contributed by atoms with Gasteiger partial charge in [0.05, 0.1) is 24.0 Å². The van der Waals surface area contributed by atoms with Gasteiger partial charge in [-0.2, -0.15) is 0 Å². The first kappa shape index (κ1) is 34.6. The summed E-state index contributed by atoms with van der Waals surface area (Å²) in [6.07, 6.45) is 12.5. The van der Waals surface area contributed by atoms with Gasteiger partial charge in [-0.15, -0.1) is 6.42 Å². The average Bonchev–Trinajstić information content (AvgIpc) is 3.11. The lowest BCUT2D eigenvalue weighted by atomic mass is 10.1. The van der Waals surface area contributed by atoms with E-state index in [1.54, 1.807) is 41.6 Å². The molecule has 1 fully saturated rings. The first-order valence-electron chi connectivity index (χ1n) is 16.5. The summed E-state index contributed by atoms with van der Waals surface area (Å²) < 4.78 is 1.53. The van der Waals surface area contributed by atoms with Crippen molar-refractivity contribution in [2.75, 3.05) is 37.6 Å². The fraction of sp³-hybridized carbons (Fsp3) is 0.378. The van der Waals surface area contributed by atoms with E-state index in [1.807, 2.05) is 43.0 Å². The molecule has 0 saturated carbocycles. The highest BCUT2D eigenvalue weighted by atomic mass is 35.5. The molecular weight excluding hydrogens is 626 g/mol. The van der Waals surface area contributed by atoms with Gasteiger partial charge in [-0.1, -0.05) is 30.0 Å². The van der Waals surface area contributed by atoms with E-state index >= 15 is 0 Å². The van der Waals surface area contributed by atoms with Crippen molar-refractivity contribution in [3.05, 3.63) is 98.8 Å². The Morgan fingerprint density at radius 3 is 2.48 bits per heavy atom. The molecule has 4 aromatic rings. The highest BCUT2D eigenvalue weighted by Gasteiger charge is 2.21. The predicted octanol–water partition coefficient (Wildman–Crippen LogP) is 4.87. The Morgan fingerprint density at radius 2 is 1.81 bits per heavy atom. The minimum atomic E-state index is -0.268. The number of likely N-dealkylation sites (tertiary alicyclic amines) is 1. The molecule has 2 aromatic carbocycles. The summed E-state index contributed by atoms with van der Waals surface area (Å²) in [6.45, 7) is 8.23. The summed E-state index contributed by atoms with van der Waals surface area (Å²) in [6, 6.07) is 14.4. The van der Waals surface area contributed by atoms with Gasteiger partial charge in [-0.05, 0) is 93.4 Å². The lowest BCUT2D eigenvalue weighted by Gasteiger charge is -2.28. The number of carbonyl (C=O) groups is 2. The molecule has 0 bridgehead atoms. The molecular formula is C37H42ClN7O3. The Morgan fingerprint density at radius 1 is 1.06 bits per heavy atom. The van der Waals surface area contributed by atoms with Gasteiger partial charge >= 0.3 is 0 Å². The van der Waals surface area contributed by atoms with Gasteiger partial charge in [0.25, 0.3) is 11.5 Å². The number of hydrogen-bond acceptors (Lipinski definition) is 7. The molecule has 250 valence electrons. The standard InChI is InChI=1S/C37H42ClN7O3/c1-4-17-44(30-14-12-28(13-15-30)36(47)40-23-27-11-10-16-39-22-27)24-29-20-31-33(21-32(29)38)41-34(25-42-18-8-7-9-19-42)45(37(31)48)26-35(46)43(5-2)6-3/h1,10-16,20-22H,5-9,17-19,23-26H2,2-3H3,(H,40,47). The number of aromatic nitrogens is 3. The minimum absolute atomic E-state index is 0.0734. The zero-order chi connectivity index (χ0) is 34.0. The molecule has 0 aliphatic carbocycles. The molecule has 5 rings (SSSR count). The molecule has 11 heteroatoms. The maximum Gasteiger partial charge on any atom is 0.261 e. The van der Waals surface area contributed by atoms with E-state index in [0.29, 0.717) is 65.6 Å². The van der Waals surface area contributed by atoms with Crippen LogP contribution in [-0.2, 0) is 31.0 Å². The topological polar surface area (TPSA) is 104 Å². The molecule has 1 saturated heterocycles. The second-order valence-corrected chi connectivity index (χ2v) is 12.3. The molecule has 1 aliphatic heterocycles. The Kier molecular flexibility index (Phi) is 11.8. The zero-order valence-corrected chi connectivity index (χ0v) is 28.4. The quantitative estimate of drug-likeness (QED) is 0.203. The van der Waals surface area contributed by atoms with E-state index in [1.165, 1.54) is 11.0 Å². The monoisotopic (exact) mass is 667 g/mol. The highest BCUT2D eigenvalue weighted by Crippen LogP contribution is 2.26. The molecule has 2 aromatic heterocycles. The summed E-state index contributed by atoms with van der Waals surface area (Å²) in [5.41, 5.74) is 3.14. The highest BCUT2D eigenvalue weighted by molar-refractivity contribution is 6.32. The van der Waals surface area contributed by atoms with Crippen LogP contribution in [0.3, 0.4) is 0 Å². The van der Waals surface area contributed by atoms with Gasteiger partial charge in [0.1, 0.15) is 12.4 Å². The number of piperidine rings is 1. The van der Waals surface area contributed by atoms with E-state index in [0.717, 1.165) is 37.2 Å². The number of terminal acetylenes is 1. The maximum atomic E-state index is 14.1. The van der Waals surface area contributed by atoms with Gasteiger partial charge in [-0.25, -0.2) is 4.98 Å². The molecule has 1 aliphatic rings. The van der Waals surface area contributed by atoms with Crippen LogP contribution in [0.15, 0.2) is 65.7 Å². The lowest BCUT2D eigenvalue weighted by Crippen LogP contribution is -2.39. The number of halogens is 1. The maximum absolute atomic E-state index is 14.1. The number of likely N-dealkylation sites (N-methyl/N-ethyl adjacent to an activating group) is 1. The average molecular weight is 668 g/mol. The Labute approximate surface area is 286 Å². The van der Waals surface area contributed by atoms with E-state index in [9.17, 15) is 14.4 Å². The number of amides is 2. The second-order valence-electron chi connectivity index (χ2n) is 11.9. The van der Waals surface area contributed by atoms with E-state index in [2.05, 4.69) is 21.1 Å². The van der Waals surface area contributed by atoms with Gasteiger partial charge in [0.2, 0.25) is 5.91 Å². The SMILES string of the molecule is C#CCN(Cc1cc2c(=O)n(CC(=O)N(CC)CC)c(CN3CCCCC3)nc2cc1Cl)c1ccc(C(=O)NCc2cccnc2)cc1. The summed E-state index contributed by atoms with van der Waals surface area (Å²) in [7, 11) is 0. The van der Waals surface area contributed by atoms with Crippen LogP contribution in [0, 0.1) is 12.3 Å². The number of anilines is 1. The third-order valence-electron chi connectivity index (χ3n) is 8.74. The first-order chi connectivity index (χ1) is 23.3. The number of nitrogens with zero attached hydrogens (tertiary/aromatic N) is 6. The number of nitrogens with one attached hydrogen (secondary N) is 1. The summed E-state index contributed by atoms with van der Waals surface area (Å²) in [5, 5.41) is 3.76. The van der Waals surface area contributed by atoms with Crippen LogP contribution in [0.25, 0.3) is 10.9 Å². The molecule has 0 unspecified atom stereocenters. The number of benzene rings is 2. The van der Waals surface area contributed by atoms with Gasteiger partial charge < -0.3 is 15.1 Å². The molecule has 3 heterocycles. The smallest absolute Gasteiger partial charge is 0.261 e. The van der Waals surface area contributed by atoms with Crippen molar-refractivity contribution in [3.63, 3.8) is 0 Å². The summed E-state index contributed by atoms with van der Waals surface area (Å²) in [5.74, 6) is 2.95. The van der Waals surface area contributed by atoms with Crippen LogP contribution in [0.2, 0.25) is 5.02 Å². The fourth-order valence-electron chi connectivity index (χ4n) is 6.03. The third-order valence-corrected chi connectivity index (χ3v) is 9.09. The number of carbonyl (C=O) groups excluding carboxylic acids is 2. The van der Waals surface area contributed by atoms with Gasteiger partial charge in [0.15, 0.2) is 0 Å². The third kappa shape index (κ3) is 8.40. The van der Waals surface area contributed by atoms with Crippen molar-refractivity contribution in [3.8, 4) is 12.3 Å². The Bertz CT molecular complexity index is 1830. The van der Waals surface area contributed by atoms with Crippen LogP contribution in [0.1, 0.15) is 60.4 Å². The van der Waals surface area contributed by atoms with Crippen LogP contribution < -0.4 is 15.8 Å². The second kappa shape index (κ2) is 16.4. The number of pyridine rings is 1. The fourth-order valence-corrected chi connectivity index (χ4v) is 6.25. The summed E-state index contributed by atoms with van der Waals surface area (Å²) in [4.78, 5) is 55.1.